The van der Waals surface area contributed by atoms with Gasteiger partial charge in [0.15, 0.2) is 0 Å². The molecule has 0 fully saturated rings. The molecule has 0 saturated heterocycles. The molecule has 26 heavy (non-hydrogen) atoms. The number of fused-ring (bicyclic) bond motifs is 1. The zero-order valence-electron chi connectivity index (χ0n) is 16.0. The molecule has 0 aliphatic carbocycles. The molecule has 0 aliphatic heterocycles. The lowest BCUT2D eigenvalue weighted by atomic mass is 10.1. The van der Waals surface area contributed by atoms with Crippen LogP contribution in [0.25, 0.3) is 10.9 Å². The largest absolute Gasteiger partial charge is 0.382 e. The highest BCUT2D eigenvalue weighted by Crippen LogP contribution is 2.29. The number of nitrogens with zero attached hydrogens (tertiary/aromatic N) is 3. The second kappa shape index (κ2) is 7.30. The first-order valence-corrected chi connectivity index (χ1v) is 8.69. The topological polar surface area (TPSA) is 47.4 Å². The SMILES string of the molecule is COC[C@@H](c1ccccn1)N(C)C(=O)c1c(C)c2cccc(C)c2n1C. The van der Waals surface area contributed by atoms with E-state index in [1.807, 2.05) is 49.9 Å². The standard InChI is InChI=1S/C21H25N3O2/c1-14-9-8-10-16-15(2)20(24(4)19(14)16)21(25)23(3)18(13-26-5)17-11-6-7-12-22-17/h6-12,18H,13H2,1-5H3/t18-/m0/s1. The molecule has 0 radical (unpaired) electrons. The molecule has 1 aromatic carbocycles. The minimum absolute atomic E-state index is 0.0340. The second-order valence-electron chi connectivity index (χ2n) is 6.65. The minimum atomic E-state index is -0.243. The molecular weight excluding hydrogens is 326 g/mol. The van der Waals surface area contributed by atoms with E-state index in [0.717, 1.165) is 27.7 Å². The van der Waals surface area contributed by atoms with Gasteiger partial charge < -0.3 is 14.2 Å². The summed E-state index contributed by atoms with van der Waals surface area (Å²) in [4.78, 5) is 19.5. The van der Waals surface area contributed by atoms with Gasteiger partial charge in [0.2, 0.25) is 0 Å². The van der Waals surface area contributed by atoms with Gasteiger partial charge in [-0.3, -0.25) is 9.78 Å². The summed E-state index contributed by atoms with van der Waals surface area (Å²) < 4.78 is 7.36. The number of aryl methyl sites for hydroxylation is 3. The first kappa shape index (κ1) is 18.1. The van der Waals surface area contributed by atoms with Crippen molar-refractivity contribution in [2.24, 2.45) is 7.05 Å². The normalized spacial score (nSPS) is 12.3. The van der Waals surface area contributed by atoms with Gasteiger partial charge in [-0.15, -0.1) is 0 Å². The van der Waals surface area contributed by atoms with Gasteiger partial charge in [-0.1, -0.05) is 24.3 Å². The Morgan fingerprint density at radius 2 is 2.00 bits per heavy atom. The van der Waals surface area contributed by atoms with E-state index in [1.165, 1.54) is 0 Å². The highest BCUT2D eigenvalue weighted by Gasteiger charge is 2.28. The summed E-state index contributed by atoms with van der Waals surface area (Å²) in [6, 6.07) is 11.6. The minimum Gasteiger partial charge on any atom is -0.382 e. The van der Waals surface area contributed by atoms with Gasteiger partial charge in [-0.25, -0.2) is 0 Å². The van der Waals surface area contributed by atoms with Crippen molar-refractivity contribution in [2.75, 3.05) is 20.8 Å². The molecule has 2 heterocycles. The van der Waals surface area contributed by atoms with Crippen LogP contribution in [0.1, 0.15) is 33.4 Å². The van der Waals surface area contributed by atoms with Crippen molar-refractivity contribution in [3.8, 4) is 0 Å². The number of aromatic nitrogens is 2. The molecule has 1 amide bonds. The number of hydrogen-bond donors (Lipinski definition) is 0. The van der Waals surface area contributed by atoms with Gasteiger partial charge in [-0.05, 0) is 37.1 Å². The molecule has 136 valence electrons. The average Bonchev–Trinajstić information content (AvgIpc) is 2.91. The van der Waals surface area contributed by atoms with Crippen LogP contribution in [0.15, 0.2) is 42.6 Å². The number of hydrogen-bond acceptors (Lipinski definition) is 3. The van der Waals surface area contributed by atoms with Crippen LogP contribution in [-0.2, 0) is 11.8 Å². The van der Waals surface area contributed by atoms with E-state index in [-0.39, 0.29) is 11.9 Å². The molecule has 0 bridgehead atoms. The van der Waals surface area contributed by atoms with Crippen molar-refractivity contribution in [3.05, 3.63) is 65.1 Å². The van der Waals surface area contributed by atoms with E-state index in [0.29, 0.717) is 12.3 Å². The summed E-state index contributed by atoms with van der Waals surface area (Å²) in [7, 11) is 5.40. The zero-order chi connectivity index (χ0) is 18.8. The van der Waals surface area contributed by atoms with Crippen LogP contribution in [0, 0.1) is 13.8 Å². The smallest absolute Gasteiger partial charge is 0.271 e. The lowest BCUT2D eigenvalue weighted by molar-refractivity contribution is 0.0586. The summed E-state index contributed by atoms with van der Waals surface area (Å²) in [5.41, 5.74) is 4.78. The average molecular weight is 351 g/mol. The van der Waals surface area contributed by atoms with Gasteiger partial charge >= 0.3 is 0 Å². The van der Waals surface area contributed by atoms with Crippen molar-refractivity contribution in [1.29, 1.82) is 0 Å². The Bertz CT molecular complexity index is 931. The summed E-state index contributed by atoms with van der Waals surface area (Å²) in [6.07, 6.45) is 1.74. The highest BCUT2D eigenvalue weighted by atomic mass is 16.5. The Kier molecular flexibility index (Phi) is 5.09. The van der Waals surface area contributed by atoms with Gasteiger partial charge in [0, 0.05) is 32.8 Å². The number of methoxy groups -OCH3 is 1. The van der Waals surface area contributed by atoms with Crippen LogP contribution in [0.3, 0.4) is 0 Å². The third-order valence-electron chi connectivity index (χ3n) is 5.01. The third-order valence-corrected chi connectivity index (χ3v) is 5.01. The molecule has 0 spiro atoms. The monoisotopic (exact) mass is 351 g/mol. The molecule has 0 N–H and O–H groups in total. The number of para-hydroxylation sites is 1. The summed E-state index contributed by atoms with van der Waals surface area (Å²) in [5.74, 6) is -0.0340. The summed E-state index contributed by atoms with van der Waals surface area (Å²) >= 11 is 0. The summed E-state index contributed by atoms with van der Waals surface area (Å²) in [5, 5.41) is 1.12. The van der Waals surface area contributed by atoms with Crippen molar-refractivity contribution in [1.82, 2.24) is 14.5 Å². The molecule has 5 heteroatoms. The number of ether oxygens (including phenoxy) is 1. The molecule has 3 rings (SSSR count). The zero-order valence-corrected chi connectivity index (χ0v) is 16.0. The van der Waals surface area contributed by atoms with E-state index in [2.05, 4.69) is 24.0 Å². The summed E-state index contributed by atoms with van der Waals surface area (Å²) in [6.45, 7) is 4.47. The van der Waals surface area contributed by atoms with E-state index in [9.17, 15) is 4.79 Å². The molecular formula is C21H25N3O2. The van der Waals surface area contributed by atoms with Crippen LogP contribution in [-0.4, -0.2) is 41.1 Å². The number of carbonyl (C=O) groups excluding carboxylic acids is 1. The van der Waals surface area contributed by atoms with Gasteiger partial charge in [0.25, 0.3) is 5.91 Å². The quantitative estimate of drug-likeness (QED) is 0.705. The second-order valence-corrected chi connectivity index (χ2v) is 6.65. The Balaban J connectivity index is 2.05. The van der Waals surface area contributed by atoms with Crippen molar-refractivity contribution < 1.29 is 9.53 Å². The lowest BCUT2D eigenvalue weighted by Gasteiger charge is -2.27. The fourth-order valence-corrected chi connectivity index (χ4v) is 3.64. The van der Waals surface area contributed by atoms with E-state index < -0.39 is 0 Å². The number of amides is 1. The molecule has 2 aromatic heterocycles. The molecule has 0 saturated carbocycles. The first-order valence-electron chi connectivity index (χ1n) is 8.69. The molecule has 0 aliphatic rings. The molecule has 1 atom stereocenters. The van der Waals surface area contributed by atoms with Gasteiger partial charge in [0.1, 0.15) is 5.69 Å². The number of carbonyl (C=O) groups is 1. The lowest BCUT2D eigenvalue weighted by Crippen LogP contribution is -2.35. The van der Waals surface area contributed by atoms with Gasteiger partial charge in [0.05, 0.1) is 23.9 Å². The number of benzene rings is 1. The Labute approximate surface area is 154 Å². The first-order chi connectivity index (χ1) is 12.5. The fourth-order valence-electron chi connectivity index (χ4n) is 3.64. The maximum atomic E-state index is 13.4. The van der Waals surface area contributed by atoms with Crippen LogP contribution in [0.4, 0.5) is 0 Å². The highest BCUT2D eigenvalue weighted by molar-refractivity contribution is 6.02. The van der Waals surface area contributed by atoms with E-state index in [4.69, 9.17) is 4.74 Å². The maximum absolute atomic E-state index is 13.4. The Hall–Kier alpha value is -2.66. The number of likely N-dealkylation sites (N-methyl/N-ethyl adjacent to an activating group) is 1. The Morgan fingerprint density at radius 3 is 2.62 bits per heavy atom. The fraction of sp³-hybridized carbons (Fsp3) is 0.333. The predicted octanol–water partition coefficient (Wildman–Crippen LogP) is 3.65. The van der Waals surface area contributed by atoms with Gasteiger partial charge in [-0.2, -0.15) is 0 Å². The van der Waals surface area contributed by atoms with Crippen LogP contribution >= 0.6 is 0 Å². The predicted molar refractivity (Wildman–Crippen MR) is 103 cm³/mol. The van der Waals surface area contributed by atoms with E-state index >= 15 is 0 Å². The number of rotatable bonds is 5. The van der Waals surface area contributed by atoms with E-state index in [1.54, 1.807) is 18.2 Å². The molecule has 3 aromatic rings. The van der Waals surface area contributed by atoms with Crippen molar-refractivity contribution in [3.63, 3.8) is 0 Å². The molecule has 0 unspecified atom stereocenters. The third kappa shape index (κ3) is 2.99. The maximum Gasteiger partial charge on any atom is 0.271 e. The van der Waals surface area contributed by atoms with Crippen LogP contribution in [0.2, 0.25) is 0 Å². The molecule has 5 nitrogen and oxygen atoms in total. The number of pyridine rings is 1. The van der Waals surface area contributed by atoms with Crippen molar-refractivity contribution in [2.45, 2.75) is 19.9 Å². The van der Waals surface area contributed by atoms with Crippen LogP contribution in [0.5, 0.6) is 0 Å². The Morgan fingerprint density at radius 1 is 1.23 bits per heavy atom. The van der Waals surface area contributed by atoms with Crippen molar-refractivity contribution >= 4 is 16.8 Å². The van der Waals surface area contributed by atoms with Crippen LogP contribution < -0.4 is 0 Å².